The van der Waals surface area contributed by atoms with Crippen LogP contribution in [0.2, 0.25) is 0 Å². The minimum absolute atomic E-state index is 0.134. The number of ether oxygens (including phenoxy) is 1. The van der Waals surface area contributed by atoms with Gasteiger partial charge in [0.15, 0.2) is 0 Å². The van der Waals surface area contributed by atoms with Gasteiger partial charge in [0.1, 0.15) is 0 Å². The van der Waals surface area contributed by atoms with Crippen LogP contribution in [0.5, 0.6) is 0 Å². The zero-order valence-electron chi connectivity index (χ0n) is 19.2. The van der Waals surface area contributed by atoms with Gasteiger partial charge >= 0.3 is 5.97 Å². The zero-order valence-corrected chi connectivity index (χ0v) is 19.2. The van der Waals surface area contributed by atoms with E-state index in [9.17, 15) is 9.90 Å². The van der Waals surface area contributed by atoms with Crippen molar-refractivity contribution in [3.05, 3.63) is 0 Å². The van der Waals surface area contributed by atoms with Crippen molar-refractivity contribution in [3.8, 4) is 0 Å². The molecule has 0 saturated carbocycles. The Kier molecular flexibility index (Phi) is 22.3. The monoisotopic (exact) mass is 398 g/mol. The van der Waals surface area contributed by atoms with Gasteiger partial charge in [-0.2, -0.15) is 0 Å². The molecule has 0 aliphatic heterocycles. The third-order valence-electron chi connectivity index (χ3n) is 5.77. The summed E-state index contributed by atoms with van der Waals surface area (Å²) in [4.78, 5) is 11.0. The van der Waals surface area contributed by atoms with E-state index >= 15 is 0 Å². The molecule has 1 atom stereocenters. The summed E-state index contributed by atoms with van der Waals surface area (Å²) < 4.78 is 4.57. The van der Waals surface area contributed by atoms with E-state index in [2.05, 4.69) is 11.7 Å². The number of rotatable bonds is 22. The van der Waals surface area contributed by atoms with Crippen LogP contribution in [0.1, 0.15) is 142 Å². The maximum Gasteiger partial charge on any atom is 0.308 e. The normalized spacial score (nSPS) is 12.2. The minimum Gasteiger partial charge on any atom is -0.469 e. The van der Waals surface area contributed by atoms with E-state index in [-0.39, 0.29) is 12.4 Å². The van der Waals surface area contributed by atoms with Gasteiger partial charge in [0.05, 0.1) is 19.6 Å². The summed E-state index contributed by atoms with van der Waals surface area (Å²) in [6, 6.07) is 0. The van der Waals surface area contributed by atoms with E-state index < -0.39 is 6.10 Å². The number of carbonyl (C=O) groups excluding carboxylic acids is 1. The van der Waals surface area contributed by atoms with Crippen LogP contribution in [-0.4, -0.2) is 24.3 Å². The second-order valence-electron chi connectivity index (χ2n) is 8.59. The van der Waals surface area contributed by atoms with Crippen molar-refractivity contribution in [2.75, 3.05) is 7.11 Å². The first kappa shape index (κ1) is 27.4. The van der Waals surface area contributed by atoms with E-state index in [1.54, 1.807) is 0 Å². The van der Waals surface area contributed by atoms with Crippen LogP contribution in [0.25, 0.3) is 0 Å². The quantitative estimate of drug-likeness (QED) is 0.150. The van der Waals surface area contributed by atoms with Crippen LogP contribution in [0.3, 0.4) is 0 Å². The number of hydrogen-bond donors (Lipinski definition) is 1. The highest BCUT2D eigenvalue weighted by Crippen LogP contribution is 2.15. The maximum absolute atomic E-state index is 11.0. The summed E-state index contributed by atoms with van der Waals surface area (Å²) in [6.45, 7) is 2.28. The number of methoxy groups -OCH3 is 1. The molecule has 0 heterocycles. The van der Waals surface area contributed by atoms with E-state index in [1.165, 1.54) is 116 Å². The molecule has 168 valence electrons. The van der Waals surface area contributed by atoms with Crippen LogP contribution in [0.4, 0.5) is 0 Å². The molecule has 0 aromatic heterocycles. The molecule has 0 rings (SSSR count). The van der Waals surface area contributed by atoms with Crippen LogP contribution in [0, 0.1) is 0 Å². The van der Waals surface area contributed by atoms with Crippen LogP contribution < -0.4 is 0 Å². The SMILES string of the molecule is CCCCCCCCCCCCCCCCCCCCCC(O)CC(=O)OC. The third kappa shape index (κ3) is 21.7. The van der Waals surface area contributed by atoms with Crippen molar-refractivity contribution in [2.45, 2.75) is 148 Å². The van der Waals surface area contributed by atoms with Gasteiger partial charge in [0.25, 0.3) is 0 Å². The largest absolute Gasteiger partial charge is 0.469 e. The summed E-state index contributed by atoms with van der Waals surface area (Å²) in [5.41, 5.74) is 0. The lowest BCUT2D eigenvalue weighted by atomic mass is 10.0. The molecule has 0 radical (unpaired) electrons. The Bertz CT molecular complexity index is 317. The van der Waals surface area contributed by atoms with Crippen molar-refractivity contribution in [1.82, 2.24) is 0 Å². The summed E-state index contributed by atoms with van der Waals surface area (Å²) in [5.74, 6) is -0.315. The molecule has 1 N–H and O–H groups in total. The highest BCUT2D eigenvalue weighted by Gasteiger charge is 2.10. The first-order valence-corrected chi connectivity index (χ1v) is 12.5. The van der Waals surface area contributed by atoms with Crippen LogP contribution in [0.15, 0.2) is 0 Å². The Morgan fingerprint density at radius 1 is 0.643 bits per heavy atom. The van der Waals surface area contributed by atoms with Gasteiger partial charge in [-0.15, -0.1) is 0 Å². The van der Waals surface area contributed by atoms with Gasteiger partial charge in [-0.25, -0.2) is 0 Å². The number of unbranched alkanes of at least 4 members (excludes halogenated alkanes) is 18. The molecular formula is C25H50O3. The zero-order chi connectivity index (χ0) is 20.7. The van der Waals surface area contributed by atoms with Gasteiger partial charge in [0.2, 0.25) is 0 Å². The molecular weight excluding hydrogens is 348 g/mol. The lowest BCUT2D eigenvalue weighted by Gasteiger charge is -2.08. The number of esters is 1. The summed E-state index contributed by atoms with van der Waals surface area (Å²) in [5, 5.41) is 9.69. The molecule has 0 spiro atoms. The van der Waals surface area contributed by atoms with E-state index in [1.807, 2.05) is 0 Å². The highest BCUT2D eigenvalue weighted by atomic mass is 16.5. The number of hydrogen-bond acceptors (Lipinski definition) is 3. The van der Waals surface area contributed by atoms with Crippen molar-refractivity contribution in [2.24, 2.45) is 0 Å². The Morgan fingerprint density at radius 2 is 0.964 bits per heavy atom. The average Bonchev–Trinajstić information content (AvgIpc) is 2.69. The van der Waals surface area contributed by atoms with Crippen molar-refractivity contribution in [3.63, 3.8) is 0 Å². The molecule has 0 fully saturated rings. The first-order chi connectivity index (χ1) is 13.7. The first-order valence-electron chi connectivity index (χ1n) is 12.5. The lowest BCUT2D eigenvalue weighted by molar-refractivity contribution is -0.142. The number of carbonyl (C=O) groups is 1. The molecule has 0 aliphatic rings. The van der Waals surface area contributed by atoms with Gasteiger partial charge in [-0.1, -0.05) is 129 Å². The Labute approximate surface area is 176 Å². The summed E-state index contributed by atoms with van der Waals surface area (Å²) in [7, 11) is 1.37. The number of aliphatic hydroxyl groups excluding tert-OH is 1. The van der Waals surface area contributed by atoms with Crippen molar-refractivity contribution in [1.29, 1.82) is 0 Å². The Morgan fingerprint density at radius 3 is 1.29 bits per heavy atom. The van der Waals surface area contributed by atoms with Gasteiger partial charge < -0.3 is 9.84 Å². The fourth-order valence-electron chi connectivity index (χ4n) is 3.84. The summed E-state index contributed by atoms with van der Waals surface area (Å²) in [6.07, 6.45) is 26.4. The molecule has 0 amide bonds. The van der Waals surface area contributed by atoms with Crippen molar-refractivity contribution >= 4 is 5.97 Å². The van der Waals surface area contributed by atoms with E-state index in [0.29, 0.717) is 6.42 Å². The van der Waals surface area contributed by atoms with Crippen LogP contribution >= 0.6 is 0 Å². The fraction of sp³-hybridized carbons (Fsp3) is 0.960. The second-order valence-corrected chi connectivity index (χ2v) is 8.59. The highest BCUT2D eigenvalue weighted by molar-refractivity contribution is 5.69. The van der Waals surface area contributed by atoms with Gasteiger partial charge in [-0.05, 0) is 6.42 Å². The standard InChI is InChI=1S/C25H50O3/c1-3-4-5-6-7-8-9-10-11-12-13-14-15-16-17-18-19-20-21-22-24(26)23-25(27)28-2/h24,26H,3-23H2,1-2H3. The van der Waals surface area contributed by atoms with Gasteiger partial charge in [0, 0.05) is 0 Å². The predicted molar refractivity (Wildman–Crippen MR) is 121 cm³/mol. The molecule has 0 aromatic rings. The summed E-state index contributed by atoms with van der Waals surface area (Å²) >= 11 is 0. The molecule has 1 unspecified atom stereocenters. The Balaban J connectivity index is 3.09. The third-order valence-corrected chi connectivity index (χ3v) is 5.77. The van der Waals surface area contributed by atoms with Crippen molar-refractivity contribution < 1.29 is 14.6 Å². The second kappa shape index (κ2) is 22.7. The molecule has 28 heavy (non-hydrogen) atoms. The average molecular weight is 399 g/mol. The fourth-order valence-corrected chi connectivity index (χ4v) is 3.84. The smallest absolute Gasteiger partial charge is 0.308 e. The predicted octanol–water partition coefficient (Wildman–Crippen LogP) is 7.73. The molecule has 3 nitrogen and oxygen atoms in total. The molecule has 0 aromatic carbocycles. The van der Waals surface area contributed by atoms with E-state index in [4.69, 9.17) is 0 Å². The molecule has 3 heteroatoms. The van der Waals surface area contributed by atoms with Crippen LogP contribution in [-0.2, 0) is 9.53 Å². The van der Waals surface area contributed by atoms with Gasteiger partial charge in [-0.3, -0.25) is 4.79 Å². The molecule has 0 saturated heterocycles. The molecule has 0 aliphatic carbocycles. The Hall–Kier alpha value is -0.570. The van der Waals surface area contributed by atoms with E-state index in [0.717, 1.165) is 12.8 Å². The topological polar surface area (TPSA) is 46.5 Å². The number of aliphatic hydroxyl groups is 1. The molecule has 0 bridgehead atoms. The minimum atomic E-state index is -0.529. The lowest BCUT2D eigenvalue weighted by Crippen LogP contribution is -2.14. The maximum atomic E-state index is 11.0.